The second kappa shape index (κ2) is 7.08. The molecule has 0 radical (unpaired) electrons. The Morgan fingerprint density at radius 2 is 2.00 bits per heavy atom. The number of alkyl halides is 2. The third kappa shape index (κ3) is 3.97. The van der Waals surface area contributed by atoms with Crippen LogP contribution in [0.5, 0.6) is 5.88 Å². The number of halogens is 2. The fourth-order valence-electron chi connectivity index (χ4n) is 2.18. The summed E-state index contributed by atoms with van der Waals surface area (Å²) in [6.45, 7) is -0.978. The van der Waals surface area contributed by atoms with E-state index >= 15 is 0 Å². The Bertz CT molecular complexity index is 1100. The zero-order valence-corrected chi connectivity index (χ0v) is 13.9. The molecular weight excluding hydrogens is 370 g/mol. The summed E-state index contributed by atoms with van der Waals surface area (Å²) < 4.78 is 61.8. The standard InChI is InChI=1S/C16H12F2N2O5S/c17-14(18)9-24-16-13(2-1-7-19-16)26(22,23)20-11-4-5-12-10(8-11)3-6-15(21)25-12/h1-8,14,20H,9H2. The van der Waals surface area contributed by atoms with Crippen LogP contribution >= 0.6 is 0 Å². The lowest BCUT2D eigenvalue weighted by atomic mass is 10.2. The van der Waals surface area contributed by atoms with Crippen LogP contribution in [0.25, 0.3) is 11.0 Å². The first-order chi connectivity index (χ1) is 12.3. The smallest absolute Gasteiger partial charge is 0.336 e. The molecule has 0 spiro atoms. The van der Waals surface area contributed by atoms with Crippen molar-refractivity contribution in [1.29, 1.82) is 0 Å². The minimum absolute atomic E-state index is 0.190. The number of hydrogen-bond donors (Lipinski definition) is 1. The molecule has 2 aromatic heterocycles. The normalized spacial score (nSPS) is 11.7. The van der Waals surface area contributed by atoms with Crippen molar-refractivity contribution in [3.63, 3.8) is 0 Å². The zero-order valence-electron chi connectivity index (χ0n) is 13.1. The molecule has 0 bridgehead atoms. The Labute approximate surface area is 146 Å². The van der Waals surface area contributed by atoms with Gasteiger partial charge in [0.1, 0.15) is 10.5 Å². The Kier molecular flexibility index (Phi) is 4.85. The predicted octanol–water partition coefficient (Wildman–Crippen LogP) is 2.63. The minimum atomic E-state index is -4.14. The molecule has 0 aliphatic heterocycles. The first-order valence-electron chi connectivity index (χ1n) is 7.28. The summed E-state index contributed by atoms with van der Waals surface area (Å²) in [4.78, 5) is 14.5. The molecule has 3 rings (SSSR count). The van der Waals surface area contributed by atoms with Crippen molar-refractivity contribution in [2.24, 2.45) is 0 Å². The number of ether oxygens (including phenoxy) is 1. The number of fused-ring (bicyclic) bond motifs is 1. The molecule has 136 valence electrons. The highest BCUT2D eigenvalue weighted by Gasteiger charge is 2.22. The molecule has 0 aliphatic rings. The number of aromatic nitrogens is 1. The predicted molar refractivity (Wildman–Crippen MR) is 89.0 cm³/mol. The average molecular weight is 382 g/mol. The second-order valence-corrected chi connectivity index (χ2v) is 6.77. The molecule has 0 saturated carbocycles. The molecule has 7 nitrogen and oxygen atoms in total. The van der Waals surface area contributed by atoms with Crippen molar-refractivity contribution in [3.8, 4) is 5.88 Å². The van der Waals surface area contributed by atoms with E-state index in [2.05, 4.69) is 9.71 Å². The van der Waals surface area contributed by atoms with Gasteiger partial charge in [-0.1, -0.05) is 0 Å². The number of nitrogens with zero attached hydrogens (tertiary/aromatic N) is 1. The van der Waals surface area contributed by atoms with Crippen LogP contribution in [0.2, 0.25) is 0 Å². The Balaban J connectivity index is 1.92. The van der Waals surface area contributed by atoms with Gasteiger partial charge in [-0.2, -0.15) is 0 Å². The summed E-state index contributed by atoms with van der Waals surface area (Å²) in [7, 11) is -4.14. The lowest BCUT2D eigenvalue weighted by Crippen LogP contribution is -2.16. The van der Waals surface area contributed by atoms with E-state index in [-0.39, 0.29) is 10.6 Å². The summed E-state index contributed by atoms with van der Waals surface area (Å²) in [5, 5.41) is 0.505. The lowest BCUT2D eigenvalue weighted by Gasteiger charge is -2.12. The molecule has 26 heavy (non-hydrogen) atoms. The Morgan fingerprint density at radius 3 is 2.77 bits per heavy atom. The summed E-state index contributed by atoms with van der Waals surface area (Å²) >= 11 is 0. The van der Waals surface area contributed by atoms with Crippen LogP contribution in [0.15, 0.2) is 62.8 Å². The molecule has 0 saturated heterocycles. The maximum absolute atomic E-state index is 12.6. The quantitative estimate of drug-likeness (QED) is 0.658. The average Bonchev–Trinajstić information content (AvgIpc) is 2.60. The number of benzene rings is 1. The van der Waals surface area contributed by atoms with Gasteiger partial charge in [0.2, 0.25) is 5.88 Å². The molecule has 2 heterocycles. The summed E-state index contributed by atoms with van der Waals surface area (Å²) in [6, 6.07) is 9.53. The van der Waals surface area contributed by atoms with E-state index in [9.17, 15) is 22.0 Å². The van der Waals surface area contributed by atoms with Gasteiger partial charge in [0, 0.05) is 23.3 Å². The maximum Gasteiger partial charge on any atom is 0.336 e. The van der Waals surface area contributed by atoms with Gasteiger partial charge < -0.3 is 9.15 Å². The molecule has 0 atom stereocenters. The SMILES string of the molecule is O=c1ccc2cc(NS(=O)(=O)c3cccnc3OCC(F)F)ccc2o1. The van der Waals surface area contributed by atoms with Crippen LogP contribution in [0.1, 0.15) is 0 Å². The topological polar surface area (TPSA) is 98.5 Å². The minimum Gasteiger partial charge on any atom is -0.471 e. The van der Waals surface area contributed by atoms with Gasteiger partial charge in [-0.15, -0.1) is 0 Å². The van der Waals surface area contributed by atoms with Gasteiger partial charge in [-0.3, -0.25) is 4.72 Å². The van der Waals surface area contributed by atoms with Crippen molar-refractivity contribution in [2.75, 3.05) is 11.3 Å². The van der Waals surface area contributed by atoms with Crippen LogP contribution in [0.3, 0.4) is 0 Å². The number of rotatable bonds is 6. The zero-order chi connectivity index (χ0) is 18.7. The molecule has 0 unspecified atom stereocenters. The van der Waals surface area contributed by atoms with E-state index in [4.69, 9.17) is 9.15 Å². The molecule has 0 amide bonds. The van der Waals surface area contributed by atoms with Gasteiger partial charge in [-0.05, 0) is 36.4 Å². The van der Waals surface area contributed by atoms with Crippen LogP contribution in [-0.2, 0) is 10.0 Å². The van der Waals surface area contributed by atoms with Crippen molar-refractivity contribution in [1.82, 2.24) is 4.98 Å². The first-order valence-corrected chi connectivity index (χ1v) is 8.76. The highest BCUT2D eigenvalue weighted by molar-refractivity contribution is 7.92. The third-order valence-electron chi connectivity index (χ3n) is 3.24. The number of pyridine rings is 1. The third-order valence-corrected chi connectivity index (χ3v) is 4.64. The van der Waals surface area contributed by atoms with Gasteiger partial charge in [0.05, 0.1) is 0 Å². The number of sulfonamides is 1. The van der Waals surface area contributed by atoms with Crippen LogP contribution < -0.4 is 15.1 Å². The Hall–Kier alpha value is -3.01. The van der Waals surface area contributed by atoms with E-state index in [0.29, 0.717) is 11.0 Å². The van der Waals surface area contributed by atoms with E-state index in [1.165, 1.54) is 48.7 Å². The van der Waals surface area contributed by atoms with Gasteiger partial charge in [-0.25, -0.2) is 27.0 Å². The number of anilines is 1. The maximum atomic E-state index is 12.6. The van der Waals surface area contributed by atoms with Gasteiger partial charge >= 0.3 is 5.63 Å². The summed E-state index contributed by atoms with van der Waals surface area (Å²) in [5.41, 5.74) is -0.0418. The molecule has 0 fully saturated rings. The summed E-state index contributed by atoms with van der Waals surface area (Å²) in [5.74, 6) is -0.424. The molecule has 1 N–H and O–H groups in total. The molecule has 0 aliphatic carbocycles. The van der Waals surface area contributed by atoms with Gasteiger partial charge in [0.25, 0.3) is 16.4 Å². The van der Waals surface area contributed by atoms with Crippen LogP contribution in [-0.4, -0.2) is 26.4 Å². The summed E-state index contributed by atoms with van der Waals surface area (Å²) in [6.07, 6.45) is -1.53. The number of hydrogen-bond acceptors (Lipinski definition) is 6. The first kappa shape index (κ1) is 17.8. The largest absolute Gasteiger partial charge is 0.471 e. The monoisotopic (exact) mass is 382 g/mol. The van der Waals surface area contributed by atoms with Crippen molar-refractivity contribution < 1.29 is 26.4 Å². The van der Waals surface area contributed by atoms with Crippen LogP contribution in [0.4, 0.5) is 14.5 Å². The lowest BCUT2D eigenvalue weighted by molar-refractivity contribution is 0.0779. The van der Waals surface area contributed by atoms with Gasteiger partial charge in [0.15, 0.2) is 6.61 Å². The van der Waals surface area contributed by atoms with E-state index in [0.717, 1.165) is 0 Å². The fourth-order valence-corrected chi connectivity index (χ4v) is 3.32. The molecular formula is C16H12F2N2O5S. The number of nitrogens with one attached hydrogen (secondary N) is 1. The van der Waals surface area contributed by atoms with E-state index in [1.807, 2.05) is 0 Å². The van der Waals surface area contributed by atoms with E-state index < -0.39 is 34.6 Å². The highest BCUT2D eigenvalue weighted by atomic mass is 32.2. The van der Waals surface area contributed by atoms with Crippen molar-refractivity contribution in [3.05, 3.63) is 59.1 Å². The second-order valence-electron chi connectivity index (χ2n) is 5.12. The molecule has 1 aromatic carbocycles. The van der Waals surface area contributed by atoms with E-state index in [1.54, 1.807) is 0 Å². The van der Waals surface area contributed by atoms with Crippen molar-refractivity contribution >= 4 is 26.7 Å². The van der Waals surface area contributed by atoms with Crippen LogP contribution in [0, 0.1) is 0 Å². The fraction of sp³-hybridized carbons (Fsp3) is 0.125. The Morgan fingerprint density at radius 1 is 1.19 bits per heavy atom. The molecule has 10 heteroatoms. The molecule has 3 aromatic rings. The highest BCUT2D eigenvalue weighted by Crippen LogP contribution is 2.25. The van der Waals surface area contributed by atoms with Crippen molar-refractivity contribution in [2.45, 2.75) is 11.3 Å².